The van der Waals surface area contributed by atoms with Crippen LogP contribution < -0.4 is 0 Å². The third-order valence-corrected chi connectivity index (χ3v) is 6.03. The quantitative estimate of drug-likeness (QED) is 0.300. The normalized spacial score (nSPS) is 11.3. The van der Waals surface area contributed by atoms with Gasteiger partial charge in [0, 0.05) is 0 Å². The summed E-state index contributed by atoms with van der Waals surface area (Å²) in [4.78, 5) is 0. The van der Waals surface area contributed by atoms with Gasteiger partial charge in [0.05, 0.1) is 0 Å². The first kappa shape index (κ1) is 17.4. The van der Waals surface area contributed by atoms with Crippen LogP contribution in [-0.4, -0.2) is 17.3 Å². The molecule has 0 N–H and O–H groups in total. The van der Waals surface area contributed by atoms with Crippen LogP contribution in [0.25, 0.3) is 0 Å². The summed E-state index contributed by atoms with van der Waals surface area (Å²) in [5, 5.41) is 0. The lowest BCUT2D eigenvalue weighted by Gasteiger charge is -2.07. The first-order valence-electron chi connectivity index (χ1n) is 7.99. The molecule has 0 saturated carbocycles. The highest BCUT2D eigenvalue weighted by Gasteiger charge is 2.13. The second-order valence-electron chi connectivity index (χ2n) is 5.14. The van der Waals surface area contributed by atoms with E-state index in [2.05, 4.69) is 20.8 Å². The molecule has 0 aromatic rings. The van der Waals surface area contributed by atoms with E-state index in [9.17, 15) is 0 Å². The molecule has 1 heteroatoms. The fourth-order valence-electron chi connectivity index (χ4n) is 2.21. The smallest absolute Gasteiger partial charge is 0.0654 e. The van der Waals surface area contributed by atoms with Crippen LogP contribution in [0.1, 0.15) is 85.0 Å². The maximum Gasteiger partial charge on any atom is 0.108 e. The van der Waals surface area contributed by atoms with E-state index < -0.39 is 0 Å². The molecular formula is C16H35S+. The van der Waals surface area contributed by atoms with Crippen molar-refractivity contribution < 1.29 is 0 Å². The van der Waals surface area contributed by atoms with Crippen molar-refractivity contribution in [1.29, 1.82) is 0 Å². The molecule has 0 rings (SSSR count). The zero-order valence-corrected chi connectivity index (χ0v) is 13.4. The van der Waals surface area contributed by atoms with E-state index in [-0.39, 0.29) is 0 Å². The van der Waals surface area contributed by atoms with Crippen molar-refractivity contribution in [2.45, 2.75) is 85.0 Å². The lowest BCUT2D eigenvalue weighted by Crippen LogP contribution is -2.14. The highest BCUT2D eigenvalue weighted by atomic mass is 32.2. The minimum absolute atomic E-state index is 0.758. The lowest BCUT2D eigenvalue weighted by molar-refractivity contribution is 0.653. The maximum atomic E-state index is 2.39. The molecule has 0 unspecified atom stereocenters. The van der Waals surface area contributed by atoms with Crippen LogP contribution in [0.2, 0.25) is 0 Å². The van der Waals surface area contributed by atoms with Crippen LogP contribution in [0.4, 0.5) is 0 Å². The van der Waals surface area contributed by atoms with Crippen LogP contribution in [0.5, 0.6) is 0 Å². The highest BCUT2D eigenvalue weighted by Crippen LogP contribution is 2.10. The molecule has 0 aliphatic rings. The average Bonchev–Trinajstić information content (AvgIpc) is 2.36. The van der Waals surface area contributed by atoms with Crippen LogP contribution in [0.3, 0.4) is 0 Å². The predicted molar refractivity (Wildman–Crippen MR) is 85.2 cm³/mol. The monoisotopic (exact) mass is 259 g/mol. The van der Waals surface area contributed by atoms with Gasteiger partial charge < -0.3 is 0 Å². The summed E-state index contributed by atoms with van der Waals surface area (Å²) in [6.07, 6.45) is 14.5. The van der Waals surface area contributed by atoms with Gasteiger partial charge in [-0.3, -0.25) is 0 Å². The van der Waals surface area contributed by atoms with Gasteiger partial charge in [0.15, 0.2) is 0 Å². The molecule has 0 nitrogen and oxygen atoms in total. The van der Waals surface area contributed by atoms with E-state index in [0.717, 1.165) is 10.9 Å². The molecule has 0 aliphatic carbocycles. The molecule has 0 fully saturated rings. The van der Waals surface area contributed by atoms with Crippen LogP contribution in [0, 0.1) is 0 Å². The molecule has 0 heterocycles. The van der Waals surface area contributed by atoms with Crippen LogP contribution >= 0.6 is 0 Å². The Bertz CT molecular complexity index is 119. The minimum atomic E-state index is 0.758. The Morgan fingerprint density at radius 2 is 0.941 bits per heavy atom. The van der Waals surface area contributed by atoms with E-state index in [1.807, 2.05) is 0 Å². The molecule has 17 heavy (non-hydrogen) atoms. The van der Waals surface area contributed by atoms with Gasteiger partial charge in [0.25, 0.3) is 0 Å². The summed E-state index contributed by atoms with van der Waals surface area (Å²) < 4.78 is 0. The Balaban J connectivity index is 3.30. The first-order chi connectivity index (χ1) is 8.35. The molecule has 0 bridgehead atoms. The molecule has 104 valence electrons. The SMILES string of the molecule is CCCCCCC[S+](CC)CCCCCCC. The Labute approximate surface area is 113 Å². The molecule has 0 aliphatic heterocycles. The van der Waals surface area contributed by atoms with E-state index in [4.69, 9.17) is 0 Å². The summed E-state index contributed by atoms with van der Waals surface area (Å²) in [5.41, 5.74) is 0. The maximum absolute atomic E-state index is 2.39. The van der Waals surface area contributed by atoms with Crippen LogP contribution in [-0.2, 0) is 10.9 Å². The van der Waals surface area contributed by atoms with Gasteiger partial charge in [-0.2, -0.15) is 0 Å². The van der Waals surface area contributed by atoms with Crippen LogP contribution in [0.15, 0.2) is 0 Å². The lowest BCUT2D eigenvalue weighted by atomic mass is 10.2. The molecule has 0 atom stereocenters. The Hall–Kier alpha value is 0.350. The van der Waals surface area contributed by atoms with Crippen molar-refractivity contribution in [2.24, 2.45) is 0 Å². The number of hydrogen-bond donors (Lipinski definition) is 0. The number of unbranched alkanes of at least 4 members (excludes halogenated alkanes) is 8. The van der Waals surface area contributed by atoms with Crippen molar-refractivity contribution in [3.8, 4) is 0 Å². The van der Waals surface area contributed by atoms with Crippen molar-refractivity contribution in [2.75, 3.05) is 17.3 Å². The molecule has 0 radical (unpaired) electrons. The van der Waals surface area contributed by atoms with Gasteiger partial charge in [-0.1, -0.05) is 52.4 Å². The molecule has 0 spiro atoms. The zero-order chi connectivity index (χ0) is 12.8. The molecular weight excluding hydrogens is 224 g/mol. The fraction of sp³-hybridized carbons (Fsp3) is 1.00. The molecule has 0 aromatic carbocycles. The summed E-state index contributed by atoms with van der Waals surface area (Å²) in [5.74, 6) is 4.48. The molecule has 0 aromatic heterocycles. The second kappa shape index (κ2) is 14.4. The van der Waals surface area contributed by atoms with Crippen molar-refractivity contribution >= 4 is 10.9 Å². The standard InChI is InChI=1S/C16H35S/c1-4-7-9-11-13-15-17(6-3)16-14-12-10-8-5-2/h4-16H2,1-3H3/q+1. The Kier molecular flexibility index (Phi) is 14.7. The van der Waals surface area contributed by atoms with E-state index in [1.54, 1.807) is 0 Å². The summed E-state index contributed by atoms with van der Waals surface area (Å²) >= 11 is 0. The number of hydrogen-bond acceptors (Lipinski definition) is 0. The zero-order valence-electron chi connectivity index (χ0n) is 12.6. The van der Waals surface area contributed by atoms with E-state index in [1.165, 1.54) is 81.5 Å². The van der Waals surface area contributed by atoms with Gasteiger partial charge in [-0.05, 0) is 43.5 Å². The Morgan fingerprint density at radius 3 is 1.29 bits per heavy atom. The van der Waals surface area contributed by atoms with Crippen molar-refractivity contribution in [3.63, 3.8) is 0 Å². The van der Waals surface area contributed by atoms with Gasteiger partial charge in [0.2, 0.25) is 0 Å². The summed E-state index contributed by atoms with van der Waals surface area (Å²) in [6.45, 7) is 6.99. The fourth-order valence-corrected chi connectivity index (χ4v) is 4.22. The molecule has 0 saturated heterocycles. The van der Waals surface area contributed by atoms with Gasteiger partial charge >= 0.3 is 0 Å². The molecule has 0 amide bonds. The summed E-state index contributed by atoms with van der Waals surface area (Å²) in [7, 11) is 0.758. The minimum Gasteiger partial charge on any atom is -0.0654 e. The van der Waals surface area contributed by atoms with Gasteiger partial charge in [-0.25, -0.2) is 0 Å². The largest absolute Gasteiger partial charge is 0.108 e. The topological polar surface area (TPSA) is 0 Å². The summed E-state index contributed by atoms with van der Waals surface area (Å²) in [6, 6.07) is 0. The van der Waals surface area contributed by atoms with E-state index >= 15 is 0 Å². The Morgan fingerprint density at radius 1 is 0.529 bits per heavy atom. The third kappa shape index (κ3) is 12.6. The predicted octanol–water partition coefficient (Wildman–Crippen LogP) is 5.57. The first-order valence-corrected chi connectivity index (χ1v) is 9.72. The third-order valence-electron chi connectivity index (χ3n) is 3.48. The van der Waals surface area contributed by atoms with Gasteiger partial charge in [0.1, 0.15) is 17.3 Å². The van der Waals surface area contributed by atoms with E-state index in [0.29, 0.717) is 0 Å². The van der Waals surface area contributed by atoms with Crippen molar-refractivity contribution in [3.05, 3.63) is 0 Å². The van der Waals surface area contributed by atoms with Gasteiger partial charge in [-0.15, -0.1) is 0 Å². The second-order valence-corrected chi connectivity index (χ2v) is 7.76. The average molecular weight is 260 g/mol. The highest BCUT2D eigenvalue weighted by molar-refractivity contribution is 7.96. The van der Waals surface area contributed by atoms with Crippen molar-refractivity contribution in [1.82, 2.24) is 0 Å². The number of rotatable bonds is 13.